The average molecular weight is 367 g/mol. The van der Waals surface area contributed by atoms with Gasteiger partial charge in [0.25, 0.3) is 11.8 Å². The molecule has 1 aliphatic heterocycles. The van der Waals surface area contributed by atoms with E-state index in [1.165, 1.54) is 12.4 Å². The molecule has 6 heteroatoms. The van der Waals surface area contributed by atoms with Crippen LogP contribution in [0.25, 0.3) is 0 Å². The minimum atomic E-state index is -0.268. The highest BCUT2D eigenvalue weighted by molar-refractivity contribution is 5.99. The van der Waals surface area contributed by atoms with E-state index >= 15 is 0 Å². The molecular weight excluding hydrogens is 342 g/mol. The van der Waals surface area contributed by atoms with E-state index in [4.69, 9.17) is 4.74 Å². The van der Waals surface area contributed by atoms with Crippen LogP contribution in [0, 0.1) is 5.92 Å². The fourth-order valence-electron chi connectivity index (χ4n) is 3.20. The molecule has 0 unspecified atom stereocenters. The van der Waals surface area contributed by atoms with E-state index in [0.29, 0.717) is 23.6 Å². The van der Waals surface area contributed by atoms with Crippen LogP contribution < -0.4 is 10.1 Å². The van der Waals surface area contributed by atoms with E-state index in [1.807, 2.05) is 29.2 Å². The third kappa shape index (κ3) is 4.64. The van der Waals surface area contributed by atoms with Gasteiger partial charge < -0.3 is 15.0 Å². The predicted octanol–water partition coefficient (Wildman–Crippen LogP) is 2.89. The van der Waals surface area contributed by atoms with Crippen molar-refractivity contribution < 1.29 is 14.3 Å². The molecule has 0 radical (unpaired) electrons. The van der Waals surface area contributed by atoms with Crippen molar-refractivity contribution in [1.29, 1.82) is 0 Å². The molecule has 1 aromatic heterocycles. The summed E-state index contributed by atoms with van der Waals surface area (Å²) < 4.78 is 5.29. The molecule has 1 saturated heterocycles. The molecule has 27 heavy (non-hydrogen) atoms. The van der Waals surface area contributed by atoms with Gasteiger partial charge in [0.05, 0.1) is 18.2 Å². The van der Waals surface area contributed by atoms with Crippen molar-refractivity contribution >= 4 is 11.8 Å². The van der Waals surface area contributed by atoms with Crippen molar-refractivity contribution in [2.75, 3.05) is 20.2 Å². The molecule has 1 aromatic carbocycles. The maximum absolute atomic E-state index is 12.7. The number of nitrogens with one attached hydrogen (secondary N) is 1. The Morgan fingerprint density at radius 1 is 1.19 bits per heavy atom. The van der Waals surface area contributed by atoms with E-state index in [2.05, 4.69) is 17.2 Å². The standard InChI is InChI=1S/C21H25N3O3/c1-15-7-9-24(10-8-15)21(26)18-11-17(12-22-13-18)20(25)23-14-16-5-3-4-6-19(16)27-2/h3-6,11-13,15H,7-10,14H2,1-2H3,(H,23,25). The van der Waals surface area contributed by atoms with Crippen LogP contribution in [0.5, 0.6) is 5.75 Å². The van der Waals surface area contributed by atoms with Crippen molar-refractivity contribution in [3.63, 3.8) is 0 Å². The molecule has 0 aliphatic carbocycles. The maximum atomic E-state index is 12.7. The highest BCUT2D eigenvalue weighted by Gasteiger charge is 2.22. The van der Waals surface area contributed by atoms with Crippen molar-refractivity contribution in [1.82, 2.24) is 15.2 Å². The summed E-state index contributed by atoms with van der Waals surface area (Å²) in [7, 11) is 1.60. The van der Waals surface area contributed by atoms with E-state index in [1.54, 1.807) is 13.2 Å². The Bertz CT molecular complexity index is 814. The zero-order chi connectivity index (χ0) is 19.2. The number of pyridine rings is 1. The van der Waals surface area contributed by atoms with Crippen molar-refractivity contribution in [3.05, 3.63) is 59.4 Å². The molecule has 2 heterocycles. The number of piperidine rings is 1. The molecule has 6 nitrogen and oxygen atoms in total. The van der Waals surface area contributed by atoms with Gasteiger partial charge in [-0.2, -0.15) is 0 Å². The van der Waals surface area contributed by atoms with Gasteiger partial charge in [0, 0.05) is 37.6 Å². The summed E-state index contributed by atoms with van der Waals surface area (Å²) in [5.74, 6) is 1.04. The van der Waals surface area contributed by atoms with Crippen LogP contribution in [-0.4, -0.2) is 41.9 Å². The summed E-state index contributed by atoms with van der Waals surface area (Å²) in [6.07, 6.45) is 5.03. The summed E-state index contributed by atoms with van der Waals surface area (Å²) in [6.45, 7) is 4.05. The fourth-order valence-corrected chi connectivity index (χ4v) is 3.20. The van der Waals surface area contributed by atoms with E-state index in [9.17, 15) is 9.59 Å². The highest BCUT2D eigenvalue weighted by atomic mass is 16.5. The van der Waals surface area contributed by atoms with E-state index in [0.717, 1.165) is 37.2 Å². The number of ether oxygens (including phenoxy) is 1. The number of carbonyl (C=O) groups is 2. The predicted molar refractivity (Wildman–Crippen MR) is 103 cm³/mol. The lowest BCUT2D eigenvalue weighted by molar-refractivity contribution is 0.0697. The van der Waals surface area contributed by atoms with Crippen LogP contribution in [0.2, 0.25) is 0 Å². The molecular formula is C21H25N3O3. The number of likely N-dealkylation sites (tertiary alicyclic amines) is 1. The molecule has 3 rings (SSSR count). The lowest BCUT2D eigenvalue weighted by atomic mass is 9.98. The zero-order valence-corrected chi connectivity index (χ0v) is 15.8. The third-order valence-electron chi connectivity index (χ3n) is 4.95. The third-order valence-corrected chi connectivity index (χ3v) is 4.95. The molecule has 2 aromatic rings. The van der Waals surface area contributed by atoms with E-state index < -0.39 is 0 Å². The molecule has 0 atom stereocenters. The van der Waals surface area contributed by atoms with Crippen LogP contribution >= 0.6 is 0 Å². The Morgan fingerprint density at radius 2 is 1.89 bits per heavy atom. The van der Waals surface area contributed by atoms with Gasteiger partial charge >= 0.3 is 0 Å². The first-order valence-electron chi connectivity index (χ1n) is 9.23. The first-order chi connectivity index (χ1) is 13.1. The minimum absolute atomic E-state index is 0.0613. The Hall–Kier alpha value is -2.89. The lowest BCUT2D eigenvalue weighted by Crippen LogP contribution is -2.38. The summed E-state index contributed by atoms with van der Waals surface area (Å²) in [5, 5.41) is 2.86. The van der Waals surface area contributed by atoms with Crippen LogP contribution in [0.3, 0.4) is 0 Å². The van der Waals surface area contributed by atoms with Crippen LogP contribution in [-0.2, 0) is 6.54 Å². The average Bonchev–Trinajstić information content (AvgIpc) is 2.72. The van der Waals surface area contributed by atoms with Gasteiger partial charge in [-0.3, -0.25) is 14.6 Å². The molecule has 0 saturated carbocycles. The Balaban J connectivity index is 1.66. The number of rotatable bonds is 5. The topological polar surface area (TPSA) is 71.5 Å². The normalized spacial score (nSPS) is 14.7. The Kier molecular flexibility index (Phi) is 6.06. The van der Waals surface area contributed by atoms with Crippen LogP contribution in [0.15, 0.2) is 42.7 Å². The summed E-state index contributed by atoms with van der Waals surface area (Å²) in [4.78, 5) is 31.1. The molecule has 1 aliphatic rings. The largest absolute Gasteiger partial charge is 0.496 e. The fraction of sp³-hybridized carbons (Fsp3) is 0.381. The number of nitrogens with zero attached hydrogens (tertiary/aromatic N) is 2. The first kappa shape index (κ1) is 18.9. The lowest BCUT2D eigenvalue weighted by Gasteiger charge is -2.30. The molecule has 0 bridgehead atoms. The van der Waals surface area contributed by atoms with Crippen LogP contribution in [0.1, 0.15) is 46.0 Å². The Labute approximate surface area is 159 Å². The van der Waals surface area contributed by atoms with Crippen LogP contribution in [0.4, 0.5) is 0 Å². The van der Waals surface area contributed by atoms with Gasteiger partial charge in [-0.05, 0) is 30.9 Å². The number of methoxy groups -OCH3 is 1. The molecule has 142 valence electrons. The summed E-state index contributed by atoms with van der Waals surface area (Å²) >= 11 is 0. The number of para-hydroxylation sites is 1. The van der Waals surface area contributed by atoms with Gasteiger partial charge in [0.1, 0.15) is 5.75 Å². The van der Waals surface area contributed by atoms with Crippen molar-refractivity contribution in [2.24, 2.45) is 5.92 Å². The number of benzene rings is 1. The van der Waals surface area contributed by atoms with Gasteiger partial charge in [0.15, 0.2) is 0 Å². The van der Waals surface area contributed by atoms with Crippen molar-refractivity contribution in [3.8, 4) is 5.75 Å². The second-order valence-corrected chi connectivity index (χ2v) is 6.93. The molecule has 1 fully saturated rings. The number of carbonyl (C=O) groups excluding carboxylic acids is 2. The van der Waals surface area contributed by atoms with E-state index in [-0.39, 0.29) is 11.8 Å². The number of hydrogen-bond acceptors (Lipinski definition) is 4. The second-order valence-electron chi connectivity index (χ2n) is 6.93. The monoisotopic (exact) mass is 367 g/mol. The highest BCUT2D eigenvalue weighted by Crippen LogP contribution is 2.19. The van der Waals surface area contributed by atoms with Gasteiger partial charge in [0.2, 0.25) is 0 Å². The summed E-state index contributed by atoms with van der Waals surface area (Å²) in [5.41, 5.74) is 1.71. The molecule has 2 amide bonds. The van der Waals surface area contributed by atoms with Crippen molar-refractivity contribution in [2.45, 2.75) is 26.3 Å². The minimum Gasteiger partial charge on any atom is -0.496 e. The summed E-state index contributed by atoms with van der Waals surface area (Å²) in [6, 6.07) is 9.14. The second kappa shape index (κ2) is 8.66. The quantitative estimate of drug-likeness (QED) is 0.882. The molecule has 1 N–H and O–H groups in total. The van der Waals surface area contributed by atoms with Gasteiger partial charge in [-0.25, -0.2) is 0 Å². The van der Waals surface area contributed by atoms with Gasteiger partial charge in [-0.15, -0.1) is 0 Å². The maximum Gasteiger partial charge on any atom is 0.255 e. The zero-order valence-electron chi connectivity index (χ0n) is 15.8. The Morgan fingerprint density at radius 3 is 2.63 bits per heavy atom. The number of hydrogen-bond donors (Lipinski definition) is 1. The number of aromatic nitrogens is 1. The number of amides is 2. The smallest absolute Gasteiger partial charge is 0.255 e. The first-order valence-corrected chi connectivity index (χ1v) is 9.23. The SMILES string of the molecule is COc1ccccc1CNC(=O)c1cncc(C(=O)N2CCC(C)CC2)c1. The van der Waals surface area contributed by atoms with Gasteiger partial charge in [-0.1, -0.05) is 25.1 Å². The molecule has 0 spiro atoms.